The van der Waals surface area contributed by atoms with Gasteiger partial charge >= 0.3 is 0 Å². The lowest BCUT2D eigenvalue weighted by Crippen LogP contribution is -2.48. The topological polar surface area (TPSA) is 23.6 Å². The van der Waals surface area contributed by atoms with Crippen molar-refractivity contribution in [3.63, 3.8) is 0 Å². The second-order valence-corrected chi connectivity index (χ2v) is 5.91. The monoisotopic (exact) mass is 324 g/mol. The second-order valence-electron chi connectivity index (χ2n) is 4.99. The molecule has 0 aliphatic carbocycles. The molecule has 1 fully saturated rings. The lowest BCUT2D eigenvalue weighted by atomic mass is 10.2. The molecule has 4 heteroatoms. The lowest BCUT2D eigenvalue weighted by Gasteiger charge is -2.34. The molecule has 2 rings (SSSR count). The summed E-state index contributed by atoms with van der Waals surface area (Å²) in [6.07, 6.45) is 2.48. The Bertz CT molecular complexity index is 411. The van der Waals surface area contributed by atoms with Crippen molar-refractivity contribution in [2.75, 3.05) is 32.7 Å². The molecule has 1 aromatic carbocycles. The van der Waals surface area contributed by atoms with E-state index in [4.69, 9.17) is 0 Å². The van der Waals surface area contributed by atoms with E-state index in [1.165, 1.54) is 12.8 Å². The SMILES string of the molecule is CCCCN1CCN(C(=O)c2ccc(Br)cc2)CC1. The second kappa shape index (κ2) is 7.06. The summed E-state index contributed by atoms with van der Waals surface area (Å²) in [6.45, 7) is 7.08. The van der Waals surface area contributed by atoms with Crippen LogP contribution in [0.15, 0.2) is 28.7 Å². The number of amides is 1. The highest BCUT2D eigenvalue weighted by Crippen LogP contribution is 2.13. The number of hydrogen-bond donors (Lipinski definition) is 0. The third kappa shape index (κ3) is 4.05. The van der Waals surface area contributed by atoms with E-state index in [-0.39, 0.29) is 5.91 Å². The molecule has 1 heterocycles. The van der Waals surface area contributed by atoms with Crippen LogP contribution in [0.3, 0.4) is 0 Å². The molecule has 19 heavy (non-hydrogen) atoms. The molecule has 104 valence electrons. The van der Waals surface area contributed by atoms with Crippen molar-refractivity contribution in [2.45, 2.75) is 19.8 Å². The van der Waals surface area contributed by atoms with Crippen molar-refractivity contribution in [2.24, 2.45) is 0 Å². The first-order valence-corrected chi connectivity index (χ1v) is 7.77. The van der Waals surface area contributed by atoms with E-state index in [0.717, 1.165) is 42.8 Å². The molecule has 3 nitrogen and oxygen atoms in total. The molecule has 0 aromatic heterocycles. The Kier molecular flexibility index (Phi) is 5.40. The van der Waals surface area contributed by atoms with Crippen LogP contribution in [-0.4, -0.2) is 48.4 Å². The van der Waals surface area contributed by atoms with Crippen molar-refractivity contribution in [1.29, 1.82) is 0 Å². The summed E-state index contributed by atoms with van der Waals surface area (Å²) in [4.78, 5) is 16.7. The average molecular weight is 325 g/mol. The number of benzene rings is 1. The molecule has 0 spiro atoms. The number of nitrogens with zero attached hydrogens (tertiary/aromatic N) is 2. The van der Waals surface area contributed by atoms with Crippen LogP contribution in [-0.2, 0) is 0 Å². The summed E-state index contributed by atoms with van der Waals surface area (Å²) in [7, 11) is 0. The predicted molar refractivity (Wildman–Crippen MR) is 81.4 cm³/mol. The zero-order valence-electron chi connectivity index (χ0n) is 11.4. The Hall–Kier alpha value is -0.870. The third-order valence-corrected chi connectivity index (χ3v) is 4.11. The summed E-state index contributed by atoms with van der Waals surface area (Å²) < 4.78 is 1.01. The van der Waals surface area contributed by atoms with E-state index >= 15 is 0 Å². The van der Waals surface area contributed by atoms with Crippen LogP contribution in [0.1, 0.15) is 30.1 Å². The maximum absolute atomic E-state index is 12.3. The van der Waals surface area contributed by atoms with Gasteiger partial charge in [0.15, 0.2) is 0 Å². The van der Waals surface area contributed by atoms with Gasteiger partial charge in [0.1, 0.15) is 0 Å². The van der Waals surface area contributed by atoms with Gasteiger partial charge in [0.25, 0.3) is 5.91 Å². The van der Waals surface area contributed by atoms with Crippen molar-refractivity contribution < 1.29 is 4.79 Å². The van der Waals surface area contributed by atoms with Crippen LogP contribution >= 0.6 is 15.9 Å². The standard InChI is InChI=1S/C15H21BrN2O/c1-2-3-8-17-9-11-18(12-10-17)15(19)13-4-6-14(16)7-5-13/h4-7H,2-3,8-12H2,1H3. The molecule has 0 bridgehead atoms. The maximum atomic E-state index is 12.3. The van der Waals surface area contributed by atoms with E-state index in [9.17, 15) is 4.79 Å². The fraction of sp³-hybridized carbons (Fsp3) is 0.533. The van der Waals surface area contributed by atoms with Gasteiger partial charge in [-0.05, 0) is 37.2 Å². The van der Waals surface area contributed by atoms with Gasteiger partial charge in [-0.15, -0.1) is 0 Å². The van der Waals surface area contributed by atoms with Gasteiger partial charge in [-0.1, -0.05) is 29.3 Å². The van der Waals surface area contributed by atoms with Crippen LogP contribution in [0.4, 0.5) is 0 Å². The number of piperazine rings is 1. The molecule has 1 aromatic rings. The van der Waals surface area contributed by atoms with Gasteiger partial charge in [0.05, 0.1) is 0 Å². The van der Waals surface area contributed by atoms with Crippen molar-refractivity contribution >= 4 is 21.8 Å². The van der Waals surface area contributed by atoms with E-state index in [1.807, 2.05) is 29.2 Å². The Morgan fingerprint density at radius 1 is 1.16 bits per heavy atom. The average Bonchev–Trinajstić information content (AvgIpc) is 2.46. The molecule has 1 aliphatic heterocycles. The first-order chi connectivity index (χ1) is 9.20. The molecule has 0 N–H and O–H groups in total. The first kappa shape index (κ1) is 14.5. The Morgan fingerprint density at radius 2 is 1.79 bits per heavy atom. The van der Waals surface area contributed by atoms with Crippen molar-refractivity contribution in [3.8, 4) is 0 Å². The summed E-state index contributed by atoms with van der Waals surface area (Å²) in [5.74, 6) is 0.155. The summed E-state index contributed by atoms with van der Waals surface area (Å²) >= 11 is 3.39. The Labute approximate surface area is 123 Å². The lowest BCUT2D eigenvalue weighted by molar-refractivity contribution is 0.0635. The zero-order valence-corrected chi connectivity index (χ0v) is 13.0. The molecule has 1 amide bonds. The van der Waals surface area contributed by atoms with E-state index in [2.05, 4.69) is 27.8 Å². The summed E-state index contributed by atoms with van der Waals surface area (Å²) in [6, 6.07) is 7.61. The fourth-order valence-corrected chi connectivity index (χ4v) is 2.60. The smallest absolute Gasteiger partial charge is 0.253 e. The molecular weight excluding hydrogens is 304 g/mol. The highest BCUT2D eigenvalue weighted by molar-refractivity contribution is 9.10. The minimum atomic E-state index is 0.155. The van der Waals surface area contributed by atoms with Gasteiger partial charge in [0.2, 0.25) is 0 Å². The van der Waals surface area contributed by atoms with Crippen molar-refractivity contribution in [1.82, 2.24) is 9.80 Å². The molecule has 0 unspecified atom stereocenters. The molecule has 0 radical (unpaired) electrons. The molecule has 0 saturated carbocycles. The zero-order chi connectivity index (χ0) is 13.7. The quantitative estimate of drug-likeness (QED) is 0.850. The van der Waals surface area contributed by atoms with E-state index in [0.29, 0.717) is 0 Å². The molecule has 1 aliphatic rings. The molecule has 0 atom stereocenters. The minimum Gasteiger partial charge on any atom is -0.336 e. The van der Waals surface area contributed by atoms with Crippen LogP contribution in [0.5, 0.6) is 0 Å². The van der Waals surface area contributed by atoms with Crippen LogP contribution in [0.2, 0.25) is 0 Å². The number of unbranched alkanes of at least 4 members (excludes halogenated alkanes) is 1. The highest BCUT2D eigenvalue weighted by Gasteiger charge is 2.21. The van der Waals surface area contributed by atoms with Gasteiger partial charge < -0.3 is 4.90 Å². The Morgan fingerprint density at radius 3 is 2.37 bits per heavy atom. The predicted octanol–water partition coefficient (Wildman–Crippen LogP) is 3.01. The maximum Gasteiger partial charge on any atom is 0.253 e. The molecular formula is C15H21BrN2O. The van der Waals surface area contributed by atoms with E-state index < -0.39 is 0 Å². The van der Waals surface area contributed by atoms with Gasteiger partial charge in [-0.3, -0.25) is 9.69 Å². The number of carbonyl (C=O) groups is 1. The number of rotatable bonds is 4. The summed E-state index contributed by atoms with van der Waals surface area (Å²) in [5, 5.41) is 0. The number of carbonyl (C=O) groups excluding carboxylic acids is 1. The molecule has 1 saturated heterocycles. The number of halogens is 1. The van der Waals surface area contributed by atoms with E-state index in [1.54, 1.807) is 0 Å². The summed E-state index contributed by atoms with van der Waals surface area (Å²) in [5.41, 5.74) is 0.783. The number of hydrogen-bond acceptors (Lipinski definition) is 2. The fourth-order valence-electron chi connectivity index (χ4n) is 2.33. The van der Waals surface area contributed by atoms with Gasteiger partial charge in [-0.25, -0.2) is 0 Å². The van der Waals surface area contributed by atoms with Gasteiger partial charge in [-0.2, -0.15) is 0 Å². The van der Waals surface area contributed by atoms with Crippen LogP contribution < -0.4 is 0 Å². The Balaban J connectivity index is 1.87. The minimum absolute atomic E-state index is 0.155. The van der Waals surface area contributed by atoms with Crippen LogP contribution in [0.25, 0.3) is 0 Å². The largest absolute Gasteiger partial charge is 0.336 e. The first-order valence-electron chi connectivity index (χ1n) is 6.98. The van der Waals surface area contributed by atoms with Crippen molar-refractivity contribution in [3.05, 3.63) is 34.3 Å². The van der Waals surface area contributed by atoms with Gasteiger partial charge in [0, 0.05) is 36.2 Å². The third-order valence-electron chi connectivity index (χ3n) is 3.58. The highest BCUT2D eigenvalue weighted by atomic mass is 79.9. The normalized spacial score (nSPS) is 16.6. The van der Waals surface area contributed by atoms with Crippen LogP contribution in [0, 0.1) is 0 Å².